The van der Waals surface area contributed by atoms with Crippen LogP contribution in [0.15, 0.2) is 17.2 Å². The van der Waals surface area contributed by atoms with E-state index in [0.29, 0.717) is 16.2 Å². The zero-order valence-corrected chi connectivity index (χ0v) is 14.9. The number of aromatic amines is 1. The molecule has 134 valence electrons. The lowest BCUT2D eigenvalue weighted by molar-refractivity contribution is -0.386. The molecular weight excluding hydrogens is 346 g/mol. The molecular formula is C15H19N5O4S. The standard InChI is InChI=1S/C15H19N5O4S/c1-4-10(5-2)14-17-18-15(25)19(14)16-8-9-6-11(20(22)23)13(21)12(7-9)24-3/h6-8,10,21H,4-5H2,1-3H3,(H,18,25)/b16-8-. The van der Waals surface area contributed by atoms with Crippen LogP contribution in [0.1, 0.15) is 44.0 Å². The third kappa shape index (κ3) is 3.85. The van der Waals surface area contributed by atoms with Crippen molar-refractivity contribution in [2.24, 2.45) is 5.10 Å². The maximum atomic E-state index is 11.1. The maximum absolute atomic E-state index is 11.1. The number of phenols is 1. The van der Waals surface area contributed by atoms with Crippen LogP contribution in [0, 0.1) is 14.9 Å². The first-order valence-corrected chi connectivity index (χ1v) is 8.10. The van der Waals surface area contributed by atoms with E-state index in [2.05, 4.69) is 15.3 Å². The summed E-state index contributed by atoms with van der Waals surface area (Å²) in [6.45, 7) is 4.10. The van der Waals surface area contributed by atoms with Crippen LogP contribution in [0.5, 0.6) is 11.5 Å². The van der Waals surface area contributed by atoms with Gasteiger partial charge in [-0.3, -0.25) is 15.2 Å². The molecule has 2 rings (SSSR count). The number of benzene rings is 1. The largest absolute Gasteiger partial charge is 0.500 e. The number of aromatic hydroxyl groups is 1. The van der Waals surface area contributed by atoms with E-state index in [-0.39, 0.29) is 11.7 Å². The van der Waals surface area contributed by atoms with Crippen molar-refractivity contribution in [2.75, 3.05) is 7.11 Å². The zero-order valence-electron chi connectivity index (χ0n) is 14.1. The highest BCUT2D eigenvalue weighted by atomic mass is 32.1. The summed E-state index contributed by atoms with van der Waals surface area (Å²) in [5.74, 6) is 0.356. The molecule has 25 heavy (non-hydrogen) atoms. The Bertz CT molecular complexity index is 854. The van der Waals surface area contributed by atoms with Crippen molar-refractivity contribution < 1.29 is 14.8 Å². The molecule has 0 spiro atoms. The van der Waals surface area contributed by atoms with Crippen molar-refractivity contribution in [1.82, 2.24) is 14.9 Å². The first-order chi connectivity index (χ1) is 11.9. The molecule has 0 aliphatic rings. The molecule has 0 unspecified atom stereocenters. The lowest BCUT2D eigenvalue weighted by atomic mass is 10.0. The lowest BCUT2D eigenvalue weighted by Gasteiger charge is -2.10. The van der Waals surface area contributed by atoms with Crippen molar-refractivity contribution >= 4 is 24.1 Å². The predicted molar refractivity (Wildman–Crippen MR) is 95.0 cm³/mol. The minimum atomic E-state index is -0.686. The summed E-state index contributed by atoms with van der Waals surface area (Å²) < 4.78 is 6.80. The summed E-state index contributed by atoms with van der Waals surface area (Å²) in [7, 11) is 1.32. The van der Waals surface area contributed by atoms with Gasteiger partial charge in [-0.25, -0.2) is 0 Å². The number of nitrogens with zero attached hydrogens (tertiary/aromatic N) is 4. The van der Waals surface area contributed by atoms with Crippen LogP contribution < -0.4 is 4.74 Å². The van der Waals surface area contributed by atoms with Gasteiger partial charge in [0.05, 0.1) is 18.2 Å². The molecule has 0 radical (unpaired) electrons. The minimum absolute atomic E-state index is 0.00773. The second kappa shape index (κ2) is 7.88. The maximum Gasteiger partial charge on any atom is 0.315 e. The monoisotopic (exact) mass is 365 g/mol. The van der Waals surface area contributed by atoms with Gasteiger partial charge in [-0.1, -0.05) is 13.8 Å². The Kier molecular flexibility index (Phi) is 5.86. The molecule has 1 aromatic heterocycles. The number of nitro groups is 1. The number of nitrogens with one attached hydrogen (secondary N) is 1. The van der Waals surface area contributed by atoms with Gasteiger partial charge in [-0.05, 0) is 31.1 Å². The molecule has 0 aliphatic heterocycles. The minimum Gasteiger partial charge on any atom is -0.500 e. The molecule has 2 aromatic rings. The highest BCUT2D eigenvalue weighted by molar-refractivity contribution is 7.71. The number of phenolic OH excluding ortho intramolecular Hbond substituents is 1. The van der Waals surface area contributed by atoms with Crippen molar-refractivity contribution in [2.45, 2.75) is 32.6 Å². The second-order valence-corrected chi connectivity index (χ2v) is 5.69. The molecule has 0 amide bonds. The van der Waals surface area contributed by atoms with Crippen LogP contribution >= 0.6 is 12.2 Å². The third-order valence-corrected chi connectivity index (χ3v) is 4.11. The number of hydrogen-bond donors (Lipinski definition) is 2. The van der Waals surface area contributed by atoms with E-state index < -0.39 is 16.4 Å². The number of hydrogen-bond acceptors (Lipinski definition) is 7. The van der Waals surface area contributed by atoms with Gasteiger partial charge in [0.2, 0.25) is 10.5 Å². The molecule has 0 aliphatic carbocycles. The predicted octanol–water partition coefficient (Wildman–Crippen LogP) is 3.35. The average Bonchev–Trinajstić information content (AvgIpc) is 2.95. The second-order valence-electron chi connectivity index (χ2n) is 5.30. The van der Waals surface area contributed by atoms with Gasteiger partial charge in [0.15, 0.2) is 11.6 Å². The Balaban J connectivity index is 2.47. The molecule has 0 fully saturated rings. The van der Waals surface area contributed by atoms with Crippen LogP contribution in [0.25, 0.3) is 0 Å². The number of H-pyrrole nitrogens is 1. The normalized spacial score (nSPS) is 11.4. The SMILES string of the molecule is CCC(CC)c1n[nH]c(=S)n1/N=C\c1cc(OC)c(O)c([N+](=O)[O-])c1. The average molecular weight is 365 g/mol. The molecule has 9 nitrogen and oxygen atoms in total. The van der Waals surface area contributed by atoms with Gasteiger partial charge < -0.3 is 9.84 Å². The number of nitro benzene ring substituents is 1. The number of methoxy groups -OCH3 is 1. The third-order valence-electron chi connectivity index (χ3n) is 3.84. The van der Waals surface area contributed by atoms with Crippen molar-refractivity contribution in [3.8, 4) is 11.5 Å². The molecule has 0 bridgehead atoms. The molecule has 1 heterocycles. The van der Waals surface area contributed by atoms with E-state index in [1.807, 2.05) is 13.8 Å². The van der Waals surface area contributed by atoms with Crippen molar-refractivity contribution in [3.05, 3.63) is 38.4 Å². The lowest BCUT2D eigenvalue weighted by Crippen LogP contribution is -2.05. The van der Waals surface area contributed by atoms with E-state index >= 15 is 0 Å². The van der Waals surface area contributed by atoms with Crippen molar-refractivity contribution in [1.29, 1.82) is 0 Å². The molecule has 0 saturated heterocycles. The Morgan fingerprint density at radius 1 is 1.52 bits per heavy atom. The first kappa shape index (κ1) is 18.6. The van der Waals surface area contributed by atoms with Gasteiger partial charge in [0.1, 0.15) is 0 Å². The molecule has 2 N–H and O–H groups in total. The summed E-state index contributed by atoms with van der Waals surface area (Å²) in [6.07, 6.45) is 3.17. The van der Waals surface area contributed by atoms with Crippen LogP contribution in [-0.4, -0.2) is 38.2 Å². The molecule has 1 aromatic carbocycles. The van der Waals surface area contributed by atoms with Gasteiger partial charge >= 0.3 is 5.69 Å². The summed E-state index contributed by atoms with van der Waals surface area (Å²) in [5.41, 5.74) is -0.0725. The number of rotatable bonds is 7. The Hall–Kier alpha value is -2.75. The topological polar surface area (TPSA) is 119 Å². The number of ether oxygens (including phenoxy) is 1. The molecule has 0 atom stereocenters. The van der Waals surface area contributed by atoms with Crippen molar-refractivity contribution in [3.63, 3.8) is 0 Å². The Morgan fingerprint density at radius 2 is 2.20 bits per heavy atom. The van der Waals surface area contributed by atoms with Crippen LogP contribution in [0.3, 0.4) is 0 Å². The fourth-order valence-electron chi connectivity index (χ4n) is 2.44. The Morgan fingerprint density at radius 3 is 2.76 bits per heavy atom. The highest BCUT2D eigenvalue weighted by Gasteiger charge is 2.20. The fraction of sp³-hybridized carbons (Fsp3) is 0.400. The van der Waals surface area contributed by atoms with E-state index in [9.17, 15) is 15.2 Å². The van der Waals surface area contributed by atoms with E-state index in [1.165, 1.54) is 30.1 Å². The van der Waals surface area contributed by atoms with Gasteiger partial charge in [-0.2, -0.15) is 14.9 Å². The number of aromatic nitrogens is 3. The zero-order chi connectivity index (χ0) is 18.6. The fourth-order valence-corrected chi connectivity index (χ4v) is 2.63. The summed E-state index contributed by atoms with van der Waals surface area (Å²) in [6, 6.07) is 2.66. The Labute approximate surface area is 149 Å². The van der Waals surface area contributed by atoms with Gasteiger partial charge in [0, 0.05) is 17.5 Å². The summed E-state index contributed by atoms with van der Waals surface area (Å²) in [5, 5.41) is 32.1. The highest BCUT2D eigenvalue weighted by Crippen LogP contribution is 2.36. The van der Waals surface area contributed by atoms with Crippen LogP contribution in [-0.2, 0) is 0 Å². The van der Waals surface area contributed by atoms with Gasteiger partial charge in [0.25, 0.3) is 0 Å². The molecule has 10 heteroatoms. The first-order valence-electron chi connectivity index (χ1n) is 7.69. The van der Waals surface area contributed by atoms with E-state index in [1.54, 1.807) is 0 Å². The van der Waals surface area contributed by atoms with E-state index in [0.717, 1.165) is 12.8 Å². The summed E-state index contributed by atoms with van der Waals surface area (Å²) >= 11 is 5.20. The van der Waals surface area contributed by atoms with Crippen LogP contribution in [0.2, 0.25) is 0 Å². The van der Waals surface area contributed by atoms with Gasteiger partial charge in [-0.15, -0.1) is 0 Å². The summed E-state index contributed by atoms with van der Waals surface area (Å²) in [4.78, 5) is 10.4. The smallest absolute Gasteiger partial charge is 0.315 e. The van der Waals surface area contributed by atoms with Crippen LogP contribution in [0.4, 0.5) is 5.69 Å². The quantitative estimate of drug-likeness (QED) is 0.336. The molecule has 0 saturated carbocycles. The van der Waals surface area contributed by atoms with E-state index in [4.69, 9.17) is 17.0 Å².